The second-order valence-corrected chi connectivity index (χ2v) is 2.59. The van der Waals surface area contributed by atoms with E-state index in [4.69, 9.17) is 4.74 Å². The van der Waals surface area contributed by atoms with Crippen LogP contribution in [0.1, 0.15) is 11.7 Å². The number of hydrogen-bond acceptors (Lipinski definition) is 1. The summed E-state index contributed by atoms with van der Waals surface area (Å²) in [7, 11) is 0. The van der Waals surface area contributed by atoms with Crippen molar-refractivity contribution in [2.24, 2.45) is 0 Å². The number of benzene rings is 1. The molecule has 1 unspecified atom stereocenters. The molecule has 0 bridgehead atoms. The molecule has 1 aromatic rings. The molecule has 1 heterocycles. The molecule has 0 fully saturated rings. The third kappa shape index (κ3) is 2.58. The molecule has 0 saturated carbocycles. The molecule has 1 atom stereocenters. The largest absolute Gasteiger partial charge is 0.491 e. The van der Waals surface area contributed by atoms with Crippen molar-refractivity contribution in [3.8, 4) is 0 Å². The van der Waals surface area contributed by atoms with Gasteiger partial charge in [-0.25, -0.2) is 0 Å². The van der Waals surface area contributed by atoms with E-state index in [9.17, 15) is 0 Å². The second kappa shape index (κ2) is 5.05. The number of allylic oxidation sites excluding steroid dienone is 2. The summed E-state index contributed by atoms with van der Waals surface area (Å²) in [5.74, 6) is 0. The maximum Gasteiger partial charge on any atom is 0.119 e. The topological polar surface area (TPSA) is 9.23 Å². The fourth-order valence-electron chi connectivity index (χ4n) is 1.15. The molecule has 1 nitrogen and oxygen atoms in total. The Balaban J connectivity index is 0.000000845. The summed E-state index contributed by atoms with van der Waals surface area (Å²) in [6.45, 7) is 0. The Kier molecular flexibility index (Phi) is 4.00. The molecule has 2 rings (SSSR count). The van der Waals surface area contributed by atoms with Gasteiger partial charge in [-0.2, -0.15) is 30.3 Å². The van der Waals surface area contributed by atoms with Crippen molar-refractivity contribution in [3.05, 3.63) is 60.4 Å². The first-order valence-corrected chi connectivity index (χ1v) is 3.92. The molecule has 0 amide bonds. The molecule has 1 aliphatic heterocycles. The molecule has 0 spiro atoms. The van der Waals surface area contributed by atoms with E-state index in [1.165, 1.54) is 0 Å². The van der Waals surface area contributed by atoms with Gasteiger partial charge in [-0.15, -0.1) is 5.56 Å². The molecular weight excluding hydrogens is 196 g/mol. The van der Waals surface area contributed by atoms with Crippen LogP contribution in [0.2, 0.25) is 0 Å². The SMILES string of the molecule is [Ti].[c-]1ccccc1C1C=CC=CO1. The van der Waals surface area contributed by atoms with E-state index in [0.717, 1.165) is 5.56 Å². The van der Waals surface area contributed by atoms with Crippen LogP contribution in [0.4, 0.5) is 0 Å². The maximum atomic E-state index is 5.37. The normalized spacial score (nSPS) is 18.9. The zero-order valence-corrected chi connectivity index (χ0v) is 8.67. The molecule has 13 heavy (non-hydrogen) atoms. The fraction of sp³-hybridized carbons (Fsp3) is 0.0909. The summed E-state index contributed by atoms with van der Waals surface area (Å²) in [5, 5.41) is 0. The number of ether oxygens (including phenoxy) is 1. The molecule has 1 aromatic carbocycles. The van der Waals surface area contributed by atoms with E-state index in [0.29, 0.717) is 0 Å². The Hall–Kier alpha value is -0.786. The Morgan fingerprint density at radius 2 is 2.15 bits per heavy atom. The van der Waals surface area contributed by atoms with Gasteiger partial charge in [-0.1, -0.05) is 6.08 Å². The van der Waals surface area contributed by atoms with Crippen molar-refractivity contribution in [2.75, 3.05) is 0 Å². The van der Waals surface area contributed by atoms with Crippen molar-refractivity contribution in [1.29, 1.82) is 0 Å². The van der Waals surface area contributed by atoms with Gasteiger partial charge >= 0.3 is 0 Å². The van der Waals surface area contributed by atoms with Gasteiger partial charge in [0.15, 0.2) is 0 Å². The van der Waals surface area contributed by atoms with Crippen LogP contribution >= 0.6 is 0 Å². The van der Waals surface area contributed by atoms with Crippen LogP contribution in [0.25, 0.3) is 0 Å². The van der Waals surface area contributed by atoms with Gasteiger partial charge in [-0.05, 0) is 12.2 Å². The smallest absolute Gasteiger partial charge is 0.119 e. The minimum atomic E-state index is 0. The standard InChI is InChI=1S/C11H9O.Ti/c1-2-6-10(7-3-1)11-8-4-5-9-12-11;/h1-6,8-9,11H;/q-1;. The van der Waals surface area contributed by atoms with E-state index in [-0.39, 0.29) is 27.8 Å². The van der Waals surface area contributed by atoms with E-state index < -0.39 is 0 Å². The van der Waals surface area contributed by atoms with Crippen LogP contribution in [0, 0.1) is 6.07 Å². The predicted octanol–water partition coefficient (Wildman–Crippen LogP) is 2.63. The first kappa shape index (κ1) is 10.3. The van der Waals surface area contributed by atoms with Crippen molar-refractivity contribution in [2.45, 2.75) is 6.10 Å². The summed E-state index contributed by atoms with van der Waals surface area (Å²) in [6.07, 6.45) is 7.60. The average Bonchev–Trinajstić information content (AvgIpc) is 2.21. The van der Waals surface area contributed by atoms with E-state index in [1.807, 2.05) is 42.5 Å². The first-order valence-electron chi connectivity index (χ1n) is 3.92. The summed E-state index contributed by atoms with van der Waals surface area (Å²) < 4.78 is 5.37. The van der Waals surface area contributed by atoms with Crippen molar-refractivity contribution < 1.29 is 26.5 Å². The van der Waals surface area contributed by atoms with Crippen LogP contribution in [-0.4, -0.2) is 0 Å². The van der Waals surface area contributed by atoms with Crippen molar-refractivity contribution in [3.63, 3.8) is 0 Å². The third-order valence-corrected chi connectivity index (χ3v) is 1.74. The second-order valence-electron chi connectivity index (χ2n) is 2.59. The van der Waals surface area contributed by atoms with E-state index in [2.05, 4.69) is 6.07 Å². The van der Waals surface area contributed by atoms with E-state index >= 15 is 0 Å². The predicted molar refractivity (Wildman–Crippen MR) is 47.4 cm³/mol. The van der Waals surface area contributed by atoms with Gasteiger partial charge in [0, 0.05) is 21.7 Å². The molecule has 0 saturated heterocycles. The minimum absolute atomic E-state index is 0. The van der Waals surface area contributed by atoms with Crippen LogP contribution in [-0.2, 0) is 26.5 Å². The zero-order chi connectivity index (χ0) is 8.23. The average molecular weight is 205 g/mol. The van der Waals surface area contributed by atoms with Gasteiger partial charge < -0.3 is 4.74 Å². The van der Waals surface area contributed by atoms with Gasteiger partial charge in [0.25, 0.3) is 0 Å². The Labute approximate surface area is 93.0 Å². The molecule has 0 N–H and O–H groups in total. The fourth-order valence-corrected chi connectivity index (χ4v) is 1.15. The molecule has 2 heteroatoms. The van der Waals surface area contributed by atoms with Crippen molar-refractivity contribution in [1.82, 2.24) is 0 Å². The van der Waals surface area contributed by atoms with Crippen LogP contribution < -0.4 is 0 Å². The Morgan fingerprint density at radius 3 is 2.77 bits per heavy atom. The minimum Gasteiger partial charge on any atom is -0.491 e. The van der Waals surface area contributed by atoms with Crippen molar-refractivity contribution >= 4 is 0 Å². The monoisotopic (exact) mass is 205 g/mol. The van der Waals surface area contributed by atoms with Gasteiger partial charge in [0.05, 0.1) is 6.26 Å². The van der Waals surface area contributed by atoms with Gasteiger partial charge in [-0.3, -0.25) is 0 Å². The summed E-state index contributed by atoms with van der Waals surface area (Å²) >= 11 is 0. The number of rotatable bonds is 1. The van der Waals surface area contributed by atoms with Gasteiger partial charge in [0.1, 0.15) is 6.10 Å². The molecular formula is C11H9OTi-. The summed E-state index contributed by atoms with van der Waals surface area (Å²) in [5.41, 5.74) is 1.07. The Bertz CT molecular complexity index is 303. The number of hydrogen-bond donors (Lipinski definition) is 0. The van der Waals surface area contributed by atoms with E-state index in [1.54, 1.807) is 6.26 Å². The van der Waals surface area contributed by atoms with Crippen LogP contribution in [0.3, 0.4) is 0 Å². The molecule has 0 radical (unpaired) electrons. The summed E-state index contributed by atoms with van der Waals surface area (Å²) in [4.78, 5) is 0. The summed E-state index contributed by atoms with van der Waals surface area (Å²) in [6, 6.07) is 11.0. The zero-order valence-electron chi connectivity index (χ0n) is 7.10. The Morgan fingerprint density at radius 1 is 1.23 bits per heavy atom. The maximum absolute atomic E-state index is 5.37. The molecule has 64 valence electrons. The molecule has 0 aromatic heterocycles. The molecule has 0 aliphatic carbocycles. The van der Waals surface area contributed by atoms with Crippen LogP contribution in [0.15, 0.2) is 48.8 Å². The van der Waals surface area contributed by atoms with Gasteiger partial charge in [0.2, 0.25) is 0 Å². The first-order chi connectivity index (χ1) is 5.97. The van der Waals surface area contributed by atoms with Crippen LogP contribution in [0.5, 0.6) is 0 Å². The quantitative estimate of drug-likeness (QED) is 0.505. The third-order valence-electron chi connectivity index (χ3n) is 1.74. The molecule has 1 aliphatic rings.